The number of amides is 1. The van der Waals surface area contributed by atoms with E-state index in [4.69, 9.17) is 9.47 Å². The molecule has 1 N–H and O–H groups in total. The summed E-state index contributed by atoms with van der Waals surface area (Å²) in [5, 5.41) is 8.27. The van der Waals surface area contributed by atoms with Gasteiger partial charge in [-0.3, -0.25) is 14.1 Å². The maximum Gasteiger partial charge on any atom is 0.271 e. The van der Waals surface area contributed by atoms with Gasteiger partial charge in [0.05, 0.1) is 32.4 Å². The average Bonchev–Trinajstić information content (AvgIpc) is 3.33. The third kappa shape index (κ3) is 6.09. The molecule has 0 aliphatic heterocycles. The van der Waals surface area contributed by atoms with Crippen LogP contribution < -0.4 is 14.2 Å². The molecular formula is C24H25FN8O5S. The van der Waals surface area contributed by atoms with Crippen molar-refractivity contribution in [3.8, 4) is 28.7 Å². The zero-order valence-electron chi connectivity index (χ0n) is 21.5. The van der Waals surface area contributed by atoms with Crippen LogP contribution >= 0.6 is 0 Å². The summed E-state index contributed by atoms with van der Waals surface area (Å²) >= 11 is 0. The number of ether oxygens (including phenoxy) is 2. The van der Waals surface area contributed by atoms with Gasteiger partial charge in [0, 0.05) is 20.5 Å². The van der Waals surface area contributed by atoms with Crippen molar-refractivity contribution in [3.63, 3.8) is 0 Å². The number of para-hydroxylation sites is 1. The summed E-state index contributed by atoms with van der Waals surface area (Å²) in [5.41, 5.74) is 0.696. The minimum atomic E-state index is -4.02. The van der Waals surface area contributed by atoms with E-state index in [0.29, 0.717) is 17.2 Å². The Morgan fingerprint density at radius 3 is 2.28 bits per heavy atom. The van der Waals surface area contributed by atoms with E-state index in [1.54, 1.807) is 50.5 Å². The zero-order valence-corrected chi connectivity index (χ0v) is 22.3. The van der Waals surface area contributed by atoms with Gasteiger partial charge >= 0.3 is 0 Å². The molecule has 39 heavy (non-hydrogen) atoms. The van der Waals surface area contributed by atoms with Crippen LogP contribution in [0.4, 0.5) is 10.3 Å². The lowest BCUT2D eigenvalue weighted by molar-refractivity contribution is 0.0822. The topological polar surface area (TPSA) is 154 Å². The third-order valence-electron chi connectivity index (χ3n) is 5.41. The largest absolute Gasteiger partial charge is 0.494 e. The van der Waals surface area contributed by atoms with E-state index in [1.165, 1.54) is 23.7 Å². The van der Waals surface area contributed by atoms with Crippen molar-refractivity contribution in [3.05, 3.63) is 66.1 Å². The van der Waals surface area contributed by atoms with Gasteiger partial charge in [0.2, 0.25) is 16.0 Å². The average molecular weight is 557 g/mol. The van der Waals surface area contributed by atoms with E-state index in [-0.39, 0.29) is 41.3 Å². The van der Waals surface area contributed by atoms with E-state index < -0.39 is 21.6 Å². The normalized spacial score (nSPS) is 11.2. The van der Waals surface area contributed by atoms with Gasteiger partial charge in [-0.1, -0.05) is 12.1 Å². The molecule has 0 bridgehead atoms. The van der Waals surface area contributed by atoms with Crippen LogP contribution in [0, 0.1) is 5.82 Å². The van der Waals surface area contributed by atoms with Gasteiger partial charge in [-0.15, -0.1) is 10.2 Å². The second kappa shape index (κ2) is 11.4. The Kier molecular flexibility index (Phi) is 7.99. The van der Waals surface area contributed by atoms with Crippen molar-refractivity contribution in [2.24, 2.45) is 0 Å². The first kappa shape index (κ1) is 27.4. The molecule has 0 atom stereocenters. The van der Waals surface area contributed by atoms with Gasteiger partial charge < -0.3 is 14.4 Å². The monoisotopic (exact) mass is 556 g/mol. The van der Waals surface area contributed by atoms with Gasteiger partial charge in [-0.2, -0.15) is 0 Å². The molecule has 4 rings (SSSR count). The van der Waals surface area contributed by atoms with Gasteiger partial charge in [-0.05, 0) is 24.3 Å². The number of nitrogens with one attached hydrogen (secondary N) is 1. The van der Waals surface area contributed by atoms with E-state index in [2.05, 4.69) is 29.9 Å². The van der Waals surface area contributed by atoms with Crippen molar-refractivity contribution < 1.29 is 27.1 Å². The van der Waals surface area contributed by atoms with Gasteiger partial charge in [-0.25, -0.2) is 27.8 Å². The fraction of sp³-hybridized carbons (Fsp3) is 0.250. The Hall–Kier alpha value is -4.66. The summed E-state index contributed by atoms with van der Waals surface area (Å²) in [7, 11) is 2.07. The fourth-order valence-electron chi connectivity index (χ4n) is 3.57. The standard InChI is InChI=1S/C24H25FN8O5S/c1-32(2)23(34)17-8-5-7-16(28-17)22-29-30-24(33(22)21-18(37-3)9-6-10-19(21)38-4)31-39(35,36)12-11-20-26-13-15(25)14-27-20/h5-10,13-14H,11-12H2,1-4H3,(H,30,31). The van der Waals surface area contributed by atoms with Crippen LogP contribution in [-0.4, -0.2) is 83.0 Å². The van der Waals surface area contributed by atoms with E-state index in [1.807, 2.05) is 0 Å². The first-order valence-corrected chi connectivity index (χ1v) is 13.1. The number of sulfonamides is 1. The predicted molar refractivity (Wildman–Crippen MR) is 139 cm³/mol. The van der Waals surface area contributed by atoms with Crippen LogP contribution in [0.25, 0.3) is 17.2 Å². The SMILES string of the molecule is COc1cccc(OC)c1-n1c(NS(=O)(=O)CCc2ncc(F)cn2)nnc1-c1cccc(C(=O)N(C)C)n1. The van der Waals surface area contributed by atoms with E-state index in [0.717, 1.165) is 12.4 Å². The Balaban J connectivity index is 1.81. The molecule has 0 fully saturated rings. The molecule has 0 aliphatic rings. The summed E-state index contributed by atoms with van der Waals surface area (Å²) in [5.74, 6) is -0.633. The summed E-state index contributed by atoms with van der Waals surface area (Å²) in [6.45, 7) is 0. The van der Waals surface area contributed by atoms with Crippen LogP contribution in [0.15, 0.2) is 48.8 Å². The minimum Gasteiger partial charge on any atom is -0.494 e. The minimum absolute atomic E-state index is 0.0785. The smallest absolute Gasteiger partial charge is 0.271 e. The van der Waals surface area contributed by atoms with Crippen LogP contribution in [0.5, 0.6) is 11.5 Å². The Labute approximate surface area is 223 Å². The quantitative estimate of drug-likeness (QED) is 0.307. The molecule has 0 unspecified atom stereocenters. The third-order valence-corrected chi connectivity index (χ3v) is 6.64. The lowest BCUT2D eigenvalue weighted by Crippen LogP contribution is -2.23. The molecule has 15 heteroatoms. The number of halogens is 1. The molecule has 3 aromatic heterocycles. The first-order valence-electron chi connectivity index (χ1n) is 11.5. The number of aromatic nitrogens is 6. The summed E-state index contributed by atoms with van der Waals surface area (Å²) in [6, 6.07) is 9.81. The number of pyridine rings is 1. The number of hydrogen-bond acceptors (Lipinski definition) is 10. The molecule has 0 radical (unpaired) electrons. The number of anilines is 1. The molecule has 4 aromatic rings. The predicted octanol–water partition coefficient (Wildman–Crippen LogP) is 1.96. The lowest BCUT2D eigenvalue weighted by atomic mass is 10.2. The highest BCUT2D eigenvalue weighted by atomic mass is 32.2. The number of carbonyl (C=O) groups excluding carboxylic acids is 1. The van der Waals surface area contributed by atoms with Gasteiger partial charge in [0.25, 0.3) is 5.91 Å². The van der Waals surface area contributed by atoms with Crippen LogP contribution in [0.1, 0.15) is 16.3 Å². The van der Waals surface area contributed by atoms with Gasteiger partial charge in [0.1, 0.15) is 34.4 Å². The number of aryl methyl sites for hydroxylation is 1. The summed E-state index contributed by atoms with van der Waals surface area (Å²) in [4.78, 5) is 25.9. The highest BCUT2D eigenvalue weighted by molar-refractivity contribution is 7.92. The highest BCUT2D eigenvalue weighted by Crippen LogP contribution is 2.37. The second-order valence-corrected chi connectivity index (χ2v) is 10.1. The van der Waals surface area contributed by atoms with E-state index >= 15 is 0 Å². The number of benzene rings is 1. The lowest BCUT2D eigenvalue weighted by Gasteiger charge is -2.17. The van der Waals surface area contributed by atoms with E-state index in [9.17, 15) is 17.6 Å². The zero-order chi connectivity index (χ0) is 28.2. The van der Waals surface area contributed by atoms with Crippen molar-refractivity contribution in [2.45, 2.75) is 6.42 Å². The number of methoxy groups -OCH3 is 2. The Morgan fingerprint density at radius 1 is 1.03 bits per heavy atom. The molecule has 3 heterocycles. The number of carbonyl (C=O) groups is 1. The molecule has 0 aliphatic carbocycles. The Bertz CT molecular complexity index is 1570. The molecule has 1 aromatic carbocycles. The maximum absolute atomic E-state index is 13.1. The maximum atomic E-state index is 13.1. The molecule has 13 nitrogen and oxygen atoms in total. The number of nitrogens with zero attached hydrogens (tertiary/aromatic N) is 7. The molecule has 204 valence electrons. The van der Waals surface area contributed by atoms with Gasteiger partial charge in [0.15, 0.2) is 11.6 Å². The van der Waals surface area contributed by atoms with Crippen molar-refractivity contribution >= 4 is 21.9 Å². The number of hydrogen-bond donors (Lipinski definition) is 1. The Morgan fingerprint density at radius 2 is 1.67 bits per heavy atom. The van der Waals surface area contributed by atoms with Crippen LogP contribution in [-0.2, 0) is 16.4 Å². The second-order valence-electron chi connectivity index (χ2n) is 8.29. The first-order chi connectivity index (χ1) is 18.6. The molecule has 0 spiro atoms. The summed E-state index contributed by atoms with van der Waals surface area (Å²) < 4.78 is 54.1. The van der Waals surface area contributed by atoms with Crippen molar-refractivity contribution in [1.29, 1.82) is 0 Å². The van der Waals surface area contributed by atoms with Crippen molar-refractivity contribution in [1.82, 2.24) is 34.6 Å². The highest BCUT2D eigenvalue weighted by Gasteiger charge is 2.26. The molecule has 0 saturated carbocycles. The number of rotatable bonds is 10. The molecular weight excluding hydrogens is 531 g/mol. The van der Waals surface area contributed by atoms with Crippen LogP contribution in [0.2, 0.25) is 0 Å². The fourth-order valence-corrected chi connectivity index (χ4v) is 4.54. The van der Waals surface area contributed by atoms with Crippen LogP contribution in [0.3, 0.4) is 0 Å². The summed E-state index contributed by atoms with van der Waals surface area (Å²) in [6.07, 6.45) is 1.84. The molecule has 1 amide bonds. The van der Waals surface area contributed by atoms with Crippen molar-refractivity contribution in [2.75, 3.05) is 38.8 Å². The molecule has 0 saturated heterocycles.